The van der Waals surface area contributed by atoms with Crippen molar-refractivity contribution in [2.24, 2.45) is 0 Å². The Bertz CT molecular complexity index is 1170. The van der Waals surface area contributed by atoms with Crippen molar-refractivity contribution in [3.63, 3.8) is 0 Å². The van der Waals surface area contributed by atoms with Crippen LogP contribution in [0, 0.1) is 0 Å². The molecule has 0 atom stereocenters. The van der Waals surface area contributed by atoms with Crippen molar-refractivity contribution in [2.75, 3.05) is 33.6 Å². The average Bonchev–Trinajstić information content (AvgIpc) is 2.72. The van der Waals surface area contributed by atoms with Gasteiger partial charge in [-0.3, -0.25) is 4.79 Å². The molecule has 0 aromatic heterocycles. The number of nitrogens with zero attached hydrogens (tertiary/aromatic N) is 1. The second kappa shape index (κ2) is 8.10. The van der Waals surface area contributed by atoms with Gasteiger partial charge in [0, 0.05) is 25.0 Å². The van der Waals surface area contributed by atoms with E-state index in [1.165, 1.54) is 39.4 Å². The Labute approximate surface area is 169 Å². The number of hydrogen-bond donors (Lipinski definition) is 1. The second-order valence-electron chi connectivity index (χ2n) is 6.46. The molecule has 3 aromatic rings. The van der Waals surface area contributed by atoms with Crippen LogP contribution in [0.2, 0.25) is 0 Å². The maximum absolute atomic E-state index is 13.0. The van der Waals surface area contributed by atoms with E-state index in [0.717, 1.165) is 15.1 Å². The fourth-order valence-electron chi connectivity index (χ4n) is 2.99. The van der Waals surface area contributed by atoms with E-state index in [2.05, 4.69) is 5.32 Å². The first-order chi connectivity index (χ1) is 13.8. The molecule has 0 aliphatic carbocycles. The minimum Gasteiger partial charge on any atom is -0.496 e. The van der Waals surface area contributed by atoms with Gasteiger partial charge in [0.25, 0.3) is 5.91 Å². The van der Waals surface area contributed by atoms with Crippen LogP contribution in [0.3, 0.4) is 0 Å². The van der Waals surface area contributed by atoms with Gasteiger partial charge in [-0.05, 0) is 35.7 Å². The molecular weight excluding hydrogens is 392 g/mol. The highest BCUT2D eigenvalue weighted by molar-refractivity contribution is 7.89. The van der Waals surface area contributed by atoms with E-state index in [4.69, 9.17) is 9.47 Å². The van der Waals surface area contributed by atoms with Gasteiger partial charge in [0.2, 0.25) is 10.0 Å². The van der Waals surface area contributed by atoms with Crippen LogP contribution >= 0.6 is 0 Å². The SMILES string of the molecule is COc1ccc(S(=O)(=O)N(C)C)cc1NC(=O)c1ccc(OC)c2ccccc12. The number of carbonyl (C=O) groups is 1. The zero-order valence-corrected chi connectivity index (χ0v) is 17.4. The molecule has 0 heterocycles. The zero-order chi connectivity index (χ0) is 21.2. The predicted octanol–water partition coefficient (Wildman–Crippen LogP) is 3.36. The van der Waals surface area contributed by atoms with Gasteiger partial charge in [-0.2, -0.15) is 0 Å². The smallest absolute Gasteiger partial charge is 0.256 e. The van der Waals surface area contributed by atoms with Gasteiger partial charge in [0.15, 0.2) is 0 Å². The minimum atomic E-state index is -3.66. The third kappa shape index (κ3) is 3.90. The summed E-state index contributed by atoms with van der Waals surface area (Å²) in [6.07, 6.45) is 0. The zero-order valence-electron chi connectivity index (χ0n) is 16.6. The number of anilines is 1. The molecule has 8 heteroatoms. The number of hydrogen-bond acceptors (Lipinski definition) is 5. The van der Waals surface area contributed by atoms with Crippen LogP contribution in [-0.4, -0.2) is 46.9 Å². The van der Waals surface area contributed by atoms with E-state index in [0.29, 0.717) is 17.1 Å². The Hall–Kier alpha value is -3.10. The van der Waals surface area contributed by atoms with Crippen molar-refractivity contribution >= 4 is 32.4 Å². The van der Waals surface area contributed by atoms with Crippen molar-refractivity contribution in [3.05, 3.63) is 60.2 Å². The van der Waals surface area contributed by atoms with Gasteiger partial charge in [0.05, 0.1) is 24.8 Å². The number of amides is 1. The molecule has 3 rings (SSSR count). The van der Waals surface area contributed by atoms with Crippen LogP contribution in [0.1, 0.15) is 10.4 Å². The number of ether oxygens (including phenoxy) is 2. The van der Waals surface area contributed by atoms with Crippen molar-refractivity contribution in [1.82, 2.24) is 4.31 Å². The van der Waals surface area contributed by atoms with E-state index >= 15 is 0 Å². The molecule has 152 valence electrons. The van der Waals surface area contributed by atoms with Crippen molar-refractivity contribution in [3.8, 4) is 11.5 Å². The van der Waals surface area contributed by atoms with E-state index in [1.807, 2.05) is 24.3 Å². The first-order valence-electron chi connectivity index (χ1n) is 8.77. The average molecular weight is 414 g/mol. The molecule has 0 spiro atoms. The molecule has 1 N–H and O–H groups in total. The highest BCUT2D eigenvalue weighted by Crippen LogP contribution is 2.31. The van der Waals surface area contributed by atoms with Crippen LogP contribution in [0.15, 0.2) is 59.5 Å². The lowest BCUT2D eigenvalue weighted by molar-refractivity contribution is 0.102. The largest absolute Gasteiger partial charge is 0.496 e. The molecular formula is C21H22N2O5S. The fourth-order valence-corrected chi connectivity index (χ4v) is 3.92. The van der Waals surface area contributed by atoms with E-state index in [9.17, 15) is 13.2 Å². The summed E-state index contributed by atoms with van der Waals surface area (Å²) < 4.78 is 36.7. The van der Waals surface area contributed by atoms with Gasteiger partial charge in [-0.25, -0.2) is 12.7 Å². The van der Waals surface area contributed by atoms with Crippen LogP contribution in [0.4, 0.5) is 5.69 Å². The second-order valence-corrected chi connectivity index (χ2v) is 8.62. The summed E-state index contributed by atoms with van der Waals surface area (Å²) in [6.45, 7) is 0. The fraction of sp³-hybridized carbons (Fsp3) is 0.190. The molecule has 7 nitrogen and oxygen atoms in total. The Kier molecular flexibility index (Phi) is 5.76. The van der Waals surface area contributed by atoms with Gasteiger partial charge >= 0.3 is 0 Å². The molecule has 0 fully saturated rings. The Morgan fingerprint density at radius 2 is 1.52 bits per heavy atom. The molecule has 3 aromatic carbocycles. The maximum atomic E-state index is 13.0. The summed E-state index contributed by atoms with van der Waals surface area (Å²) in [5, 5.41) is 4.30. The van der Waals surface area contributed by atoms with Crippen LogP contribution < -0.4 is 14.8 Å². The Balaban J connectivity index is 2.05. The molecule has 29 heavy (non-hydrogen) atoms. The van der Waals surface area contributed by atoms with Crippen molar-refractivity contribution in [2.45, 2.75) is 4.90 Å². The molecule has 0 saturated carbocycles. The number of sulfonamides is 1. The van der Waals surface area contributed by atoms with Crippen molar-refractivity contribution in [1.29, 1.82) is 0 Å². The first-order valence-corrected chi connectivity index (χ1v) is 10.2. The highest BCUT2D eigenvalue weighted by Gasteiger charge is 2.21. The van der Waals surface area contributed by atoms with Crippen LogP contribution in [0.5, 0.6) is 11.5 Å². The standard InChI is InChI=1S/C21H22N2O5S/c1-23(2)29(25,26)14-9-11-20(28-4)18(13-14)22-21(24)17-10-12-19(27-3)16-8-6-5-7-15(16)17/h5-13H,1-4H3,(H,22,24). The molecule has 0 aliphatic rings. The van der Waals surface area contributed by atoms with Crippen LogP contribution in [0.25, 0.3) is 10.8 Å². The Morgan fingerprint density at radius 1 is 0.897 bits per heavy atom. The maximum Gasteiger partial charge on any atom is 0.256 e. The third-order valence-electron chi connectivity index (χ3n) is 4.55. The quantitative estimate of drug-likeness (QED) is 0.669. The molecule has 0 saturated heterocycles. The summed E-state index contributed by atoms with van der Waals surface area (Å²) in [4.78, 5) is 13.1. The topological polar surface area (TPSA) is 84.9 Å². The lowest BCUT2D eigenvalue weighted by Crippen LogP contribution is -2.22. The number of nitrogens with one attached hydrogen (secondary N) is 1. The third-order valence-corrected chi connectivity index (χ3v) is 6.36. The number of fused-ring (bicyclic) bond motifs is 1. The highest BCUT2D eigenvalue weighted by atomic mass is 32.2. The summed E-state index contributed by atoms with van der Waals surface area (Å²) in [5.41, 5.74) is 0.699. The number of methoxy groups -OCH3 is 2. The summed E-state index contributed by atoms with van der Waals surface area (Å²) in [6, 6.07) is 15.1. The van der Waals surface area contributed by atoms with E-state index in [-0.39, 0.29) is 16.5 Å². The normalized spacial score (nSPS) is 11.5. The lowest BCUT2D eigenvalue weighted by Gasteiger charge is -2.16. The minimum absolute atomic E-state index is 0.0539. The molecule has 0 aliphatic heterocycles. The predicted molar refractivity (Wildman–Crippen MR) is 112 cm³/mol. The van der Waals surface area contributed by atoms with Gasteiger partial charge < -0.3 is 14.8 Å². The van der Waals surface area contributed by atoms with E-state index < -0.39 is 10.0 Å². The first kappa shape index (κ1) is 20.6. The van der Waals surface area contributed by atoms with Gasteiger partial charge in [0.1, 0.15) is 11.5 Å². The monoisotopic (exact) mass is 414 g/mol. The lowest BCUT2D eigenvalue weighted by atomic mass is 10.0. The Morgan fingerprint density at radius 3 is 2.14 bits per heavy atom. The molecule has 0 bridgehead atoms. The summed E-state index contributed by atoms with van der Waals surface area (Å²) in [7, 11) is 2.26. The molecule has 1 amide bonds. The number of rotatable bonds is 6. The summed E-state index contributed by atoms with van der Waals surface area (Å²) >= 11 is 0. The van der Waals surface area contributed by atoms with Crippen LogP contribution in [-0.2, 0) is 10.0 Å². The summed E-state index contributed by atoms with van der Waals surface area (Å²) in [5.74, 6) is 0.629. The van der Waals surface area contributed by atoms with E-state index in [1.54, 1.807) is 19.2 Å². The van der Waals surface area contributed by atoms with Gasteiger partial charge in [-0.15, -0.1) is 0 Å². The number of carbonyl (C=O) groups excluding carboxylic acids is 1. The van der Waals surface area contributed by atoms with Crippen molar-refractivity contribution < 1.29 is 22.7 Å². The molecule has 0 unspecified atom stereocenters. The number of benzene rings is 3. The van der Waals surface area contributed by atoms with Gasteiger partial charge in [-0.1, -0.05) is 24.3 Å². The molecule has 0 radical (unpaired) electrons.